The molecule has 4 heteroatoms. The maximum absolute atomic E-state index is 5.53. The van der Waals surface area contributed by atoms with E-state index in [-0.39, 0.29) is 0 Å². The van der Waals surface area contributed by atoms with Crippen molar-refractivity contribution in [1.29, 1.82) is 0 Å². The van der Waals surface area contributed by atoms with Gasteiger partial charge < -0.3 is 10.6 Å². The molecule has 1 aliphatic heterocycles. The van der Waals surface area contributed by atoms with E-state index in [0.29, 0.717) is 10.7 Å². The topological polar surface area (TPSA) is 42.1 Å². The predicted octanol–water partition coefficient (Wildman–Crippen LogP) is 2.20. The van der Waals surface area contributed by atoms with E-state index in [0.717, 1.165) is 24.9 Å². The molecule has 92 valence electrons. The number of hydrogen-bond donors (Lipinski definition) is 1. The highest BCUT2D eigenvalue weighted by atomic mass is 32.1. The molecule has 0 spiro atoms. The summed E-state index contributed by atoms with van der Waals surface area (Å²) in [6.07, 6.45) is 3.14. The molecule has 1 aliphatic rings. The summed E-state index contributed by atoms with van der Waals surface area (Å²) in [5.74, 6) is 1.55. The van der Waals surface area contributed by atoms with Crippen molar-refractivity contribution in [3.05, 3.63) is 24.0 Å². The van der Waals surface area contributed by atoms with Crippen molar-refractivity contribution in [3.63, 3.8) is 0 Å². The van der Waals surface area contributed by atoms with Crippen LogP contribution in [0.1, 0.15) is 26.0 Å². The van der Waals surface area contributed by atoms with Crippen LogP contribution in [0.25, 0.3) is 0 Å². The zero-order chi connectivity index (χ0) is 12.4. The highest BCUT2D eigenvalue weighted by molar-refractivity contribution is 7.80. The summed E-state index contributed by atoms with van der Waals surface area (Å²) in [5, 5.41) is 0. The Morgan fingerprint density at radius 3 is 2.76 bits per heavy atom. The first-order valence-corrected chi connectivity index (χ1v) is 6.49. The van der Waals surface area contributed by atoms with Gasteiger partial charge in [-0.15, -0.1) is 0 Å². The van der Waals surface area contributed by atoms with Gasteiger partial charge in [-0.2, -0.15) is 0 Å². The lowest BCUT2D eigenvalue weighted by molar-refractivity contribution is 0.423. The molecule has 0 amide bonds. The van der Waals surface area contributed by atoms with Crippen molar-refractivity contribution >= 4 is 22.9 Å². The Balaban J connectivity index is 2.06. The third-order valence-corrected chi connectivity index (χ3v) is 3.74. The van der Waals surface area contributed by atoms with Crippen LogP contribution < -0.4 is 10.6 Å². The standard InChI is InChI=1S/C13H19N3S/c1-9(2)10-5-6-16(8-10)11-3-4-12(13(14)17)15-7-11/h3-4,7,9-10H,5-6,8H2,1-2H3,(H2,14,17). The van der Waals surface area contributed by atoms with Crippen LogP contribution in [-0.2, 0) is 0 Å². The molecule has 2 rings (SSSR count). The van der Waals surface area contributed by atoms with Gasteiger partial charge in [0.15, 0.2) is 0 Å². The van der Waals surface area contributed by atoms with E-state index in [1.807, 2.05) is 12.3 Å². The second-order valence-corrected chi connectivity index (χ2v) is 5.44. The van der Waals surface area contributed by atoms with Gasteiger partial charge in [-0.1, -0.05) is 26.1 Å². The van der Waals surface area contributed by atoms with Crippen LogP contribution >= 0.6 is 12.2 Å². The van der Waals surface area contributed by atoms with Crippen LogP contribution in [-0.4, -0.2) is 23.1 Å². The van der Waals surface area contributed by atoms with Gasteiger partial charge in [0.1, 0.15) is 4.99 Å². The van der Waals surface area contributed by atoms with Crippen LogP contribution in [0.4, 0.5) is 5.69 Å². The number of nitrogens with two attached hydrogens (primary N) is 1. The molecule has 0 aliphatic carbocycles. The van der Waals surface area contributed by atoms with Gasteiger partial charge in [-0.3, -0.25) is 4.98 Å². The van der Waals surface area contributed by atoms with Crippen molar-refractivity contribution in [3.8, 4) is 0 Å². The molecule has 2 N–H and O–H groups in total. The second kappa shape index (κ2) is 5.00. The van der Waals surface area contributed by atoms with Crippen LogP contribution in [0.3, 0.4) is 0 Å². The molecular formula is C13H19N3S. The second-order valence-electron chi connectivity index (χ2n) is 5.00. The first-order valence-electron chi connectivity index (χ1n) is 6.08. The van der Waals surface area contributed by atoms with Gasteiger partial charge in [0.05, 0.1) is 17.6 Å². The van der Waals surface area contributed by atoms with E-state index in [4.69, 9.17) is 18.0 Å². The van der Waals surface area contributed by atoms with Gasteiger partial charge in [0, 0.05) is 13.1 Å². The molecule has 0 aromatic carbocycles. The lowest BCUT2D eigenvalue weighted by atomic mass is 9.95. The first-order chi connectivity index (χ1) is 8.08. The van der Waals surface area contributed by atoms with Crippen LogP contribution in [0.5, 0.6) is 0 Å². The molecule has 1 unspecified atom stereocenters. The average molecular weight is 249 g/mol. The molecule has 1 fully saturated rings. The molecule has 0 radical (unpaired) electrons. The fourth-order valence-electron chi connectivity index (χ4n) is 2.28. The monoisotopic (exact) mass is 249 g/mol. The summed E-state index contributed by atoms with van der Waals surface area (Å²) in [5.41, 5.74) is 7.41. The SMILES string of the molecule is CC(C)C1CCN(c2ccc(C(N)=S)nc2)C1. The van der Waals surface area contributed by atoms with Crippen LogP contribution in [0, 0.1) is 11.8 Å². The summed E-state index contributed by atoms with van der Waals surface area (Å²) in [6, 6.07) is 3.96. The Bertz CT molecular complexity index is 400. The molecule has 1 aromatic rings. The smallest absolute Gasteiger partial charge is 0.122 e. The highest BCUT2D eigenvalue weighted by Gasteiger charge is 2.24. The fraction of sp³-hybridized carbons (Fsp3) is 0.538. The number of anilines is 1. The predicted molar refractivity (Wildman–Crippen MR) is 75.3 cm³/mol. The van der Waals surface area contributed by atoms with Gasteiger partial charge in [0.25, 0.3) is 0 Å². The maximum atomic E-state index is 5.53. The third-order valence-electron chi connectivity index (χ3n) is 3.53. The minimum atomic E-state index is 0.359. The van der Waals surface area contributed by atoms with Crippen LogP contribution in [0.15, 0.2) is 18.3 Å². The molecule has 2 heterocycles. The molecule has 0 saturated carbocycles. The van der Waals surface area contributed by atoms with Crippen molar-refractivity contribution in [1.82, 2.24) is 4.98 Å². The Morgan fingerprint density at radius 1 is 1.53 bits per heavy atom. The average Bonchev–Trinajstić information content (AvgIpc) is 2.78. The van der Waals surface area contributed by atoms with E-state index in [1.54, 1.807) is 0 Å². The largest absolute Gasteiger partial charge is 0.388 e. The van der Waals surface area contributed by atoms with Crippen molar-refractivity contribution in [2.75, 3.05) is 18.0 Å². The molecular weight excluding hydrogens is 230 g/mol. The minimum absolute atomic E-state index is 0.359. The van der Waals surface area contributed by atoms with E-state index < -0.39 is 0 Å². The van der Waals surface area contributed by atoms with Gasteiger partial charge in [-0.05, 0) is 30.4 Å². The Hall–Kier alpha value is -1.16. The molecule has 1 saturated heterocycles. The van der Waals surface area contributed by atoms with E-state index >= 15 is 0 Å². The normalized spacial score (nSPS) is 19.9. The molecule has 0 bridgehead atoms. The summed E-state index contributed by atoms with van der Waals surface area (Å²) in [6.45, 7) is 6.84. The van der Waals surface area contributed by atoms with Crippen molar-refractivity contribution in [2.24, 2.45) is 17.6 Å². The number of rotatable bonds is 3. The summed E-state index contributed by atoms with van der Waals surface area (Å²) in [7, 11) is 0. The zero-order valence-corrected chi connectivity index (χ0v) is 11.2. The Labute approximate surface area is 108 Å². The lowest BCUT2D eigenvalue weighted by Crippen LogP contribution is -2.21. The zero-order valence-electron chi connectivity index (χ0n) is 10.4. The molecule has 1 atom stereocenters. The highest BCUT2D eigenvalue weighted by Crippen LogP contribution is 2.27. The van der Waals surface area contributed by atoms with Gasteiger partial charge >= 0.3 is 0 Å². The Morgan fingerprint density at radius 2 is 2.29 bits per heavy atom. The minimum Gasteiger partial charge on any atom is -0.388 e. The summed E-state index contributed by atoms with van der Waals surface area (Å²) < 4.78 is 0. The number of hydrogen-bond acceptors (Lipinski definition) is 3. The maximum Gasteiger partial charge on any atom is 0.122 e. The van der Waals surface area contributed by atoms with Crippen LogP contribution in [0.2, 0.25) is 0 Å². The number of pyridine rings is 1. The quantitative estimate of drug-likeness (QED) is 0.834. The van der Waals surface area contributed by atoms with E-state index in [2.05, 4.69) is 29.8 Å². The van der Waals surface area contributed by atoms with Gasteiger partial charge in [-0.25, -0.2) is 0 Å². The molecule has 3 nitrogen and oxygen atoms in total. The lowest BCUT2D eigenvalue weighted by Gasteiger charge is -2.19. The summed E-state index contributed by atoms with van der Waals surface area (Å²) in [4.78, 5) is 7.03. The molecule has 17 heavy (non-hydrogen) atoms. The fourth-order valence-corrected chi connectivity index (χ4v) is 2.41. The number of nitrogens with zero attached hydrogens (tertiary/aromatic N) is 2. The van der Waals surface area contributed by atoms with Gasteiger partial charge in [0.2, 0.25) is 0 Å². The number of aromatic nitrogens is 1. The van der Waals surface area contributed by atoms with E-state index in [1.165, 1.54) is 12.1 Å². The first kappa shape index (κ1) is 12.3. The molecule has 1 aromatic heterocycles. The summed E-state index contributed by atoms with van der Waals surface area (Å²) >= 11 is 4.89. The van der Waals surface area contributed by atoms with E-state index in [9.17, 15) is 0 Å². The number of thiocarbonyl (C=S) groups is 1. The van der Waals surface area contributed by atoms with Crippen molar-refractivity contribution in [2.45, 2.75) is 20.3 Å². The third kappa shape index (κ3) is 2.75. The Kier molecular flexibility index (Phi) is 3.62. The van der Waals surface area contributed by atoms with Crippen molar-refractivity contribution < 1.29 is 0 Å².